The summed E-state index contributed by atoms with van der Waals surface area (Å²) in [6.07, 6.45) is 1.79. The van der Waals surface area contributed by atoms with E-state index in [0.29, 0.717) is 16.7 Å². The summed E-state index contributed by atoms with van der Waals surface area (Å²) in [6.45, 7) is 1.91. The molecule has 0 saturated heterocycles. The number of ketones is 1. The Bertz CT molecular complexity index is 489. The fourth-order valence-corrected chi connectivity index (χ4v) is 2.39. The van der Waals surface area contributed by atoms with Crippen molar-refractivity contribution in [3.63, 3.8) is 0 Å². The van der Waals surface area contributed by atoms with E-state index < -0.39 is 0 Å². The molecule has 2 rings (SSSR count). The molecular formula is C10H8BrNO2S. The van der Waals surface area contributed by atoms with Gasteiger partial charge in [-0.2, -0.15) is 0 Å². The maximum atomic E-state index is 11.7. The number of aryl methyl sites for hydroxylation is 1. The van der Waals surface area contributed by atoms with E-state index >= 15 is 0 Å². The summed E-state index contributed by atoms with van der Waals surface area (Å²) in [5.74, 6) is 0.309. The van der Waals surface area contributed by atoms with Gasteiger partial charge in [0.1, 0.15) is 5.01 Å². The molecule has 0 radical (unpaired) electrons. The molecule has 0 aliphatic rings. The number of nitrogens with zero attached hydrogens (tertiary/aromatic N) is 1. The Morgan fingerprint density at radius 2 is 2.47 bits per heavy atom. The Hall–Kier alpha value is -0.940. The zero-order valence-electron chi connectivity index (χ0n) is 7.99. The van der Waals surface area contributed by atoms with Gasteiger partial charge < -0.3 is 4.42 Å². The molecule has 0 aliphatic heterocycles. The average Bonchev–Trinajstić information content (AvgIpc) is 2.75. The quantitative estimate of drug-likeness (QED) is 0.813. The van der Waals surface area contributed by atoms with Crippen LogP contribution in [0.25, 0.3) is 0 Å². The van der Waals surface area contributed by atoms with Crippen LogP contribution in [0, 0.1) is 6.92 Å². The summed E-state index contributed by atoms with van der Waals surface area (Å²) in [6, 6.07) is 1.71. The number of thiazole rings is 1. The first-order valence-electron chi connectivity index (χ1n) is 4.34. The Balaban J connectivity index is 2.14. The van der Waals surface area contributed by atoms with Crippen molar-refractivity contribution in [2.24, 2.45) is 0 Å². The SMILES string of the molecule is Cc1csc(CC(=O)c2occc2Br)n1. The van der Waals surface area contributed by atoms with Crippen LogP contribution in [0.5, 0.6) is 0 Å². The zero-order chi connectivity index (χ0) is 10.8. The predicted octanol–water partition coefficient (Wildman–Crippen LogP) is 3.23. The average molecular weight is 286 g/mol. The van der Waals surface area contributed by atoms with Gasteiger partial charge in [0, 0.05) is 11.1 Å². The summed E-state index contributed by atoms with van der Waals surface area (Å²) in [5, 5.41) is 2.75. The second-order valence-corrected chi connectivity index (χ2v) is 4.88. The molecule has 0 aromatic carbocycles. The third-order valence-electron chi connectivity index (χ3n) is 1.85. The Morgan fingerprint density at radius 3 is 3.00 bits per heavy atom. The zero-order valence-corrected chi connectivity index (χ0v) is 10.4. The Morgan fingerprint density at radius 1 is 1.67 bits per heavy atom. The second kappa shape index (κ2) is 4.28. The van der Waals surface area contributed by atoms with Crippen LogP contribution in [0.4, 0.5) is 0 Å². The summed E-state index contributed by atoms with van der Waals surface area (Å²) in [4.78, 5) is 16.0. The number of hydrogen-bond acceptors (Lipinski definition) is 4. The summed E-state index contributed by atoms with van der Waals surface area (Å²) < 4.78 is 5.78. The molecule has 0 atom stereocenters. The molecule has 2 aromatic rings. The molecule has 5 heteroatoms. The fraction of sp³-hybridized carbons (Fsp3) is 0.200. The maximum Gasteiger partial charge on any atom is 0.205 e. The van der Waals surface area contributed by atoms with Crippen LogP contribution < -0.4 is 0 Å². The van der Waals surface area contributed by atoms with Crippen molar-refractivity contribution < 1.29 is 9.21 Å². The highest BCUT2D eigenvalue weighted by molar-refractivity contribution is 9.10. The lowest BCUT2D eigenvalue weighted by Gasteiger charge is -1.94. The maximum absolute atomic E-state index is 11.7. The van der Waals surface area contributed by atoms with Crippen molar-refractivity contribution >= 4 is 33.0 Å². The summed E-state index contributed by atoms with van der Waals surface area (Å²) in [7, 11) is 0. The number of aromatic nitrogens is 1. The van der Waals surface area contributed by atoms with Crippen molar-refractivity contribution in [1.29, 1.82) is 0 Å². The van der Waals surface area contributed by atoms with Crippen molar-refractivity contribution in [1.82, 2.24) is 4.98 Å². The van der Waals surface area contributed by atoms with Crippen LogP contribution in [-0.2, 0) is 6.42 Å². The predicted molar refractivity (Wildman–Crippen MR) is 61.3 cm³/mol. The molecule has 0 amide bonds. The number of Topliss-reactive ketones (excluding diaryl/α,β-unsaturated/α-hetero) is 1. The van der Waals surface area contributed by atoms with Gasteiger partial charge in [-0.1, -0.05) is 0 Å². The third kappa shape index (κ3) is 2.35. The van der Waals surface area contributed by atoms with Crippen LogP contribution in [0.2, 0.25) is 0 Å². The lowest BCUT2D eigenvalue weighted by Crippen LogP contribution is -2.02. The first-order valence-corrected chi connectivity index (χ1v) is 6.01. The molecule has 3 nitrogen and oxygen atoms in total. The van der Waals surface area contributed by atoms with Gasteiger partial charge in [0.25, 0.3) is 0 Å². The van der Waals surface area contributed by atoms with Crippen LogP contribution in [0.15, 0.2) is 26.6 Å². The highest BCUT2D eigenvalue weighted by Gasteiger charge is 2.15. The van der Waals surface area contributed by atoms with Crippen molar-refractivity contribution in [2.45, 2.75) is 13.3 Å². The topological polar surface area (TPSA) is 43.1 Å². The molecule has 2 aromatic heterocycles. The molecule has 0 N–H and O–H groups in total. The van der Waals surface area contributed by atoms with Gasteiger partial charge in [-0.3, -0.25) is 4.79 Å². The summed E-state index contributed by atoms with van der Waals surface area (Å²) in [5.41, 5.74) is 0.946. The lowest BCUT2D eigenvalue weighted by atomic mass is 10.2. The molecule has 78 valence electrons. The van der Waals surface area contributed by atoms with Crippen LogP contribution in [0.1, 0.15) is 21.3 Å². The fourth-order valence-electron chi connectivity index (χ4n) is 1.19. The van der Waals surface area contributed by atoms with E-state index in [9.17, 15) is 4.79 Å². The van der Waals surface area contributed by atoms with Crippen LogP contribution in [0.3, 0.4) is 0 Å². The molecule has 0 aliphatic carbocycles. The number of carbonyl (C=O) groups excluding carboxylic acids is 1. The van der Waals surface area contributed by atoms with Crippen LogP contribution >= 0.6 is 27.3 Å². The highest BCUT2D eigenvalue weighted by Crippen LogP contribution is 2.20. The number of rotatable bonds is 3. The van der Waals surface area contributed by atoms with E-state index in [4.69, 9.17) is 4.42 Å². The first-order chi connectivity index (χ1) is 7.16. The van der Waals surface area contributed by atoms with Gasteiger partial charge in [-0.25, -0.2) is 4.98 Å². The molecule has 0 fully saturated rings. The molecule has 0 unspecified atom stereocenters. The number of halogens is 1. The first kappa shape index (κ1) is 10.6. The van der Waals surface area contributed by atoms with E-state index in [-0.39, 0.29) is 5.78 Å². The Kier molecular flexibility index (Phi) is 3.02. The normalized spacial score (nSPS) is 10.5. The minimum Gasteiger partial charge on any atom is -0.460 e. The molecule has 0 bridgehead atoms. The number of carbonyl (C=O) groups is 1. The van der Waals surface area contributed by atoms with E-state index in [1.807, 2.05) is 12.3 Å². The van der Waals surface area contributed by atoms with E-state index in [0.717, 1.165) is 10.7 Å². The smallest absolute Gasteiger partial charge is 0.205 e. The molecular weight excluding hydrogens is 278 g/mol. The monoisotopic (exact) mass is 285 g/mol. The standard InChI is InChI=1S/C10H8BrNO2S/c1-6-5-15-9(12-6)4-8(13)10-7(11)2-3-14-10/h2-3,5H,4H2,1H3. The van der Waals surface area contributed by atoms with Gasteiger partial charge in [-0.05, 0) is 28.9 Å². The number of furan rings is 1. The highest BCUT2D eigenvalue weighted by atomic mass is 79.9. The number of hydrogen-bond donors (Lipinski definition) is 0. The summed E-state index contributed by atoms with van der Waals surface area (Å²) >= 11 is 4.75. The lowest BCUT2D eigenvalue weighted by molar-refractivity contribution is 0.0965. The molecule has 0 saturated carbocycles. The van der Waals surface area contributed by atoms with E-state index in [2.05, 4.69) is 20.9 Å². The molecule has 15 heavy (non-hydrogen) atoms. The van der Waals surface area contributed by atoms with Gasteiger partial charge in [-0.15, -0.1) is 11.3 Å². The van der Waals surface area contributed by atoms with Crippen molar-refractivity contribution in [3.8, 4) is 0 Å². The Labute approximate surface area is 99.3 Å². The van der Waals surface area contributed by atoms with Crippen LogP contribution in [-0.4, -0.2) is 10.8 Å². The second-order valence-electron chi connectivity index (χ2n) is 3.08. The van der Waals surface area contributed by atoms with Gasteiger partial charge in [0.15, 0.2) is 5.76 Å². The van der Waals surface area contributed by atoms with E-state index in [1.54, 1.807) is 6.07 Å². The van der Waals surface area contributed by atoms with Crippen molar-refractivity contribution in [3.05, 3.63) is 38.6 Å². The van der Waals surface area contributed by atoms with Gasteiger partial charge in [0.2, 0.25) is 5.78 Å². The molecule has 0 spiro atoms. The largest absolute Gasteiger partial charge is 0.460 e. The van der Waals surface area contributed by atoms with Gasteiger partial charge in [0.05, 0.1) is 17.2 Å². The molecule has 2 heterocycles. The minimum atomic E-state index is -0.0544. The van der Waals surface area contributed by atoms with E-state index in [1.165, 1.54) is 17.6 Å². The van der Waals surface area contributed by atoms with Crippen molar-refractivity contribution in [2.75, 3.05) is 0 Å². The minimum absolute atomic E-state index is 0.0544. The van der Waals surface area contributed by atoms with Gasteiger partial charge >= 0.3 is 0 Å². The third-order valence-corrected chi connectivity index (χ3v) is 3.44.